The average molecular weight is 348 g/mol. The van der Waals surface area contributed by atoms with E-state index >= 15 is 0 Å². The number of hydrogen-bond acceptors (Lipinski definition) is 4. The van der Waals surface area contributed by atoms with Gasteiger partial charge in [-0.3, -0.25) is 4.79 Å². The molecule has 2 rings (SSSR count). The van der Waals surface area contributed by atoms with Crippen LogP contribution in [0, 0.1) is 0 Å². The van der Waals surface area contributed by atoms with E-state index in [-0.39, 0.29) is 12.0 Å². The Morgan fingerprint density at radius 1 is 1.04 bits per heavy atom. The van der Waals surface area contributed by atoms with Crippen LogP contribution in [-0.2, 0) is 9.53 Å². The highest BCUT2D eigenvalue weighted by atomic mass is 16.6. The number of piperazine rings is 1. The summed E-state index contributed by atoms with van der Waals surface area (Å²) in [5.74, 6) is 1.03. The number of carbonyl (C=O) groups excluding carboxylic acids is 2. The monoisotopic (exact) mass is 348 g/mol. The molecule has 1 aliphatic heterocycles. The number of carbonyl (C=O) groups is 2. The fourth-order valence-corrected chi connectivity index (χ4v) is 2.89. The van der Waals surface area contributed by atoms with Gasteiger partial charge in [-0.2, -0.15) is 0 Å². The molecule has 1 heterocycles. The first-order valence-corrected chi connectivity index (χ1v) is 8.90. The van der Waals surface area contributed by atoms with E-state index in [4.69, 9.17) is 9.47 Å². The molecular formula is C19H28N2O4. The summed E-state index contributed by atoms with van der Waals surface area (Å²) >= 11 is 0. The predicted molar refractivity (Wildman–Crippen MR) is 95.8 cm³/mol. The lowest BCUT2D eigenvalue weighted by Crippen LogP contribution is -2.53. The Bertz CT molecular complexity index is 595. The van der Waals surface area contributed by atoms with Crippen molar-refractivity contribution in [3.8, 4) is 5.75 Å². The first-order chi connectivity index (χ1) is 11.9. The zero-order valence-corrected chi connectivity index (χ0v) is 15.5. The minimum atomic E-state index is -0.561. The van der Waals surface area contributed by atoms with Crippen LogP contribution in [-0.4, -0.2) is 60.7 Å². The topological polar surface area (TPSA) is 59.1 Å². The van der Waals surface area contributed by atoms with E-state index in [0.29, 0.717) is 38.7 Å². The number of para-hydroxylation sites is 1. The Balaban J connectivity index is 1.92. The Morgan fingerprint density at radius 3 is 2.24 bits per heavy atom. The maximum atomic E-state index is 12.7. The second-order valence-corrected chi connectivity index (χ2v) is 6.46. The molecule has 2 amide bonds. The van der Waals surface area contributed by atoms with Crippen LogP contribution in [0.5, 0.6) is 5.75 Å². The SMILES string of the molecule is CCOC(=O)N1CCN(C(=O)[C@H](C)Oc2ccccc2C(C)C)CC1. The molecule has 1 atom stereocenters. The van der Waals surface area contributed by atoms with Crippen LogP contribution in [0.2, 0.25) is 0 Å². The smallest absolute Gasteiger partial charge is 0.409 e. The van der Waals surface area contributed by atoms with Crippen molar-refractivity contribution in [2.75, 3.05) is 32.8 Å². The third-order valence-electron chi connectivity index (χ3n) is 4.31. The minimum absolute atomic E-state index is 0.0536. The third kappa shape index (κ3) is 4.87. The molecule has 138 valence electrons. The first kappa shape index (κ1) is 19.1. The van der Waals surface area contributed by atoms with E-state index in [1.165, 1.54) is 0 Å². The second kappa shape index (κ2) is 8.74. The lowest BCUT2D eigenvalue weighted by molar-refractivity contribution is -0.139. The van der Waals surface area contributed by atoms with E-state index in [2.05, 4.69) is 13.8 Å². The molecule has 1 aromatic carbocycles. The third-order valence-corrected chi connectivity index (χ3v) is 4.31. The van der Waals surface area contributed by atoms with Gasteiger partial charge in [-0.15, -0.1) is 0 Å². The largest absolute Gasteiger partial charge is 0.481 e. The normalized spacial score (nSPS) is 15.9. The number of benzene rings is 1. The summed E-state index contributed by atoms with van der Waals surface area (Å²) in [5, 5.41) is 0. The first-order valence-electron chi connectivity index (χ1n) is 8.90. The Labute approximate surface area is 149 Å². The van der Waals surface area contributed by atoms with Crippen LogP contribution < -0.4 is 4.74 Å². The maximum Gasteiger partial charge on any atom is 0.409 e. The molecule has 1 fully saturated rings. The van der Waals surface area contributed by atoms with Crippen molar-refractivity contribution < 1.29 is 19.1 Å². The van der Waals surface area contributed by atoms with Gasteiger partial charge < -0.3 is 19.3 Å². The van der Waals surface area contributed by atoms with Crippen LogP contribution in [0.1, 0.15) is 39.2 Å². The van der Waals surface area contributed by atoms with E-state index in [1.54, 1.807) is 23.6 Å². The molecule has 0 N–H and O–H groups in total. The van der Waals surface area contributed by atoms with Crippen molar-refractivity contribution in [1.82, 2.24) is 9.80 Å². The molecule has 0 saturated carbocycles. The van der Waals surface area contributed by atoms with Gasteiger partial charge in [0, 0.05) is 26.2 Å². The quantitative estimate of drug-likeness (QED) is 0.821. The van der Waals surface area contributed by atoms with Crippen LogP contribution in [0.3, 0.4) is 0 Å². The van der Waals surface area contributed by atoms with Gasteiger partial charge in [0.2, 0.25) is 0 Å². The maximum absolute atomic E-state index is 12.7. The molecule has 0 spiro atoms. The van der Waals surface area contributed by atoms with E-state index in [9.17, 15) is 9.59 Å². The Morgan fingerprint density at radius 2 is 1.64 bits per heavy atom. The highest BCUT2D eigenvalue weighted by Crippen LogP contribution is 2.27. The molecule has 1 aliphatic rings. The van der Waals surface area contributed by atoms with Crippen LogP contribution in [0.25, 0.3) is 0 Å². The molecule has 1 aromatic rings. The molecule has 6 heteroatoms. The Hall–Kier alpha value is -2.24. The summed E-state index contributed by atoms with van der Waals surface area (Å²) in [6, 6.07) is 7.81. The van der Waals surface area contributed by atoms with Gasteiger partial charge in [-0.25, -0.2) is 4.79 Å². The van der Waals surface area contributed by atoms with Crippen molar-refractivity contribution in [1.29, 1.82) is 0 Å². The predicted octanol–water partition coefficient (Wildman–Crippen LogP) is 2.88. The molecule has 0 unspecified atom stereocenters. The number of ether oxygens (including phenoxy) is 2. The number of hydrogen-bond donors (Lipinski definition) is 0. The summed E-state index contributed by atoms with van der Waals surface area (Å²) in [6.45, 7) is 10.1. The van der Waals surface area contributed by atoms with Gasteiger partial charge in [0.15, 0.2) is 6.10 Å². The summed E-state index contributed by atoms with van der Waals surface area (Å²) in [4.78, 5) is 27.8. The lowest BCUT2D eigenvalue weighted by atomic mass is 10.0. The molecule has 0 aliphatic carbocycles. The zero-order valence-electron chi connectivity index (χ0n) is 15.5. The van der Waals surface area contributed by atoms with Crippen molar-refractivity contribution in [2.24, 2.45) is 0 Å². The number of amides is 2. The lowest BCUT2D eigenvalue weighted by Gasteiger charge is -2.35. The van der Waals surface area contributed by atoms with Crippen LogP contribution in [0.4, 0.5) is 4.79 Å². The minimum Gasteiger partial charge on any atom is -0.481 e. The number of nitrogens with zero attached hydrogens (tertiary/aromatic N) is 2. The van der Waals surface area contributed by atoms with Crippen molar-refractivity contribution in [2.45, 2.75) is 39.7 Å². The molecule has 0 bridgehead atoms. The molecule has 1 saturated heterocycles. The van der Waals surface area contributed by atoms with Gasteiger partial charge in [-0.1, -0.05) is 32.0 Å². The fraction of sp³-hybridized carbons (Fsp3) is 0.579. The summed E-state index contributed by atoms with van der Waals surface area (Å²) in [7, 11) is 0. The van der Waals surface area contributed by atoms with Gasteiger partial charge >= 0.3 is 6.09 Å². The van der Waals surface area contributed by atoms with E-state index < -0.39 is 6.10 Å². The van der Waals surface area contributed by atoms with Gasteiger partial charge in [0.25, 0.3) is 5.91 Å². The second-order valence-electron chi connectivity index (χ2n) is 6.46. The van der Waals surface area contributed by atoms with Crippen LogP contribution >= 0.6 is 0 Å². The van der Waals surface area contributed by atoms with Crippen molar-refractivity contribution in [3.05, 3.63) is 29.8 Å². The average Bonchev–Trinajstić information content (AvgIpc) is 2.61. The molecule has 0 aromatic heterocycles. The van der Waals surface area contributed by atoms with E-state index in [0.717, 1.165) is 11.3 Å². The molecule has 0 radical (unpaired) electrons. The molecule has 25 heavy (non-hydrogen) atoms. The van der Waals surface area contributed by atoms with Crippen molar-refractivity contribution >= 4 is 12.0 Å². The van der Waals surface area contributed by atoms with Gasteiger partial charge in [-0.05, 0) is 31.4 Å². The highest BCUT2D eigenvalue weighted by Gasteiger charge is 2.28. The summed E-state index contributed by atoms with van der Waals surface area (Å²) < 4.78 is 10.9. The molecule has 6 nitrogen and oxygen atoms in total. The van der Waals surface area contributed by atoms with Crippen molar-refractivity contribution in [3.63, 3.8) is 0 Å². The summed E-state index contributed by atoms with van der Waals surface area (Å²) in [5.41, 5.74) is 1.09. The van der Waals surface area contributed by atoms with E-state index in [1.807, 2.05) is 24.3 Å². The number of rotatable bonds is 5. The van der Waals surface area contributed by atoms with Gasteiger partial charge in [0.1, 0.15) is 5.75 Å². The van der Waals surface area contributed by atoms with Crippen LogP contribution in [0.15, 0.2) is 24.3 Å². The molecular weight excluding hydrogens is 320 g/mol. The van der Waals surface area contributed by atoms with Gasteiger partial charge in [0.05, 0.1) is 6.61 Å². The Kier molecular flexibility index (Phi) is 6.67. The standard InChI is InChI=1S/C19H28N2O4/c1-5-24-19(23)21-12-10-20(11-13-21)18(22)15(4)25-17-9-7-6-8-16(17)14(2)3/h6-9,14-15H,5,10-13H2,1-4H3/t15-/m0/s1. The highest BCUT2D eigenvalue weighted by molar-refractivity contribution is 5.81. The summed E-state index contributed by atoms with van der Waals surface area (Å²) in [6.07, 6.45) is -0.876. The fourth-order valence-electron chi connectivity index (χ4n) is 2.89. The zero-order chi connectivity index (χ0) is 18.4.